The van der Waals surface area contributed by atoms with Crippen LogP contribution in [0.3, 0.4) is 0 Å². The van der Waals surface area contributed by atoms with Crippen molar-refractivity contribution in [1.82, 2.24) is 5.32 Å². The Bertz CT molecular complexity index is 693. The van der Waals surface area contributed by atoms with E-state index >= 15 is 0 Å². The van der Waals surface area contributed by atoms with Gasteiger partial charge in [0.1, 0.15) is 0 Å². The van der Waals surface area contributed by atoms with Crippen molar-refractivity contribution in [1.29, 1.82) is 0 Å². The summed E-state index contributed by atoms with van der Waals surface area (Å²) >= 11 is 0. The first-order valence-electron chi connectivity index (χ1n) is 8.35. The summed E-state index contributed by atoms with van der Waals surface area (Å²) in [4.78, 5) is 35.5. The highest BCUT2D eigenvalue weighted by atomic mass is 19.4. The average molecular weight is 406 g/mol. The fourth-order valence-corrected chi connectivity index (χ4v) is 2.07. The van der Waals surface area contributed by atoms with Crippen molar-refractivity contribution in [2.75, 3.05) is 25.1 Å². The molecule has 0 saturated heterocycles. The third kappa shape index (κ3) is 5.51. The summed E-state index contributed by atoms with van der Waals surface area (Å²) in [6, 6.07) is 4.66. The highest BCUT2D eigenvalue weighted by Crippen LogP contribution is 2.33. The van der Waals surface area contributed by atoms with Gasteiger partial charge in [-0.1, -0.05) is 0 Å². The van der Waals surface area contributed by atoms with E-state index in [1.54, 1.807) is 6.92 Å². The minimum absolute atomic E-state index is 0.0968. The van der Waals surface area contributed by atoms with E-state index in [2.05, 4.69) is 9.47 Å². The molecule has 0 aromatic heterocycles. The highest BCUT2D eigenvalue weighted by Gasteiger charge is 2.64. The summed E-state index contributed by atoms with van der Waals surface area (Å²) in [5.41, 5.74) is -3.71. The summed E-state index contributed by atoms with van der Waals surface area (Å²) in [7, 11) is 0. The van der Waals surface area contributed by atoms with Crippen LogP contribution in [0.1, 0.15) is 31.1 Å². The normalized spacial score (nSPS) is 13.1. The molecule has 28 heavy (non-hydrogen) atoms. The number of alkyl carbamates (subject to hydrolysis) is 1. The molecular weight excluding hydrogens is 385 g/mol. The van der Waals surface area contributed by atoms with E-state index < -0.39 is 29.9 Å². The maximum atomic E-state index is 13.8. The summed E-state index contributed by atoms with van der Waals surface area (Å²) < 4.78 is 55.3. The molecule has 0 aliphatic carbocycles. The van der Waals surface area contributed by atoms with Crippen molar-refractivity contribution < 1.29 is 41.8 Å². The molecule has 2 N–H and O–H groups in total. The first kappa shape index (κ1) is 23.1. The Labute approximate surface area is 159 Å². The number of alkyl halides is 3. The van der Waals surface area contributed by atoms with Gasteiger partial charge < -0.3 is 19.5 Å². The third-order valence-corrected chi connectivity index (χ3v) is 3.30. The lowest BCUT2D eigenvalue weighted by atomic mass is 10.1. The topological polar surface area (TPSA) is 103 Å². The van der Waals surface area contributed by atoms with E-state index in [-0.39, 0.29) is 31.1 Å². The van der Waals surface area contributed by atoms with Crippen LogP contribution in [0.5, 0.6) is 0 Å². The Morgan fingerprint density at radius 3 is 1.89 bits per heavy atom. The van der Waals surface area contributed by atoms with Gasteiger partial charge >= 0.3 is 29.9 Å². The fraction of sp³-hybridized carbons (Fsp3) is 0.471. The zero-order valence-corrected chi connectivity index (χ0v) is 15.5. The number of esters is 2. The van der Waals surface area contributed by atoms with Crippen molar-refractivity contribution in [3.8, 4) is 0 Å². The molecule has 1 aromatic rings. The number of halogens is 3. The van der Waals surface area contributed by atoms with E-state index in [1.165, 1.54) is 31.3 Å². The second kappa shape index (κ2) is 9.81. The predicted octanol–water partition coefficient (Wildman–Crippen LogP) is 2.84. The van der Waals surface area contributed by atoms with Crippen LogP contribution in [0.15, 0.2) is 24.3 Å². The Hall–Kier alpha value is -2.98. The quantitative estimate of drug-likeness (QED) is 0.389. The number of hydrogen-bond acceptors (Lipinski definition) is 7. The van der Waals surface area contributed by atoms with Crippen LogP contribution in [0, 0.1) is 0 Å². The van der Waals surface area contributed by atoms with Gasteiger partial charge in [0.05, 0.1) is 25.4 Å². The Kier molecular flexibility index (Phi) is 8.08. The van der Waals surface area contributed by atoms with E-state index in [4.69, 9.17) is 4.74 Å². The van der Waals surface area contributed by atoms with Crippen LogP contribution in [0.2, 0.25) is 0 Å². The summed E-state index contributed by atoms with van der Waals surface area (Å²) in [5, 5.41) is 3.44. The molecule has 11 heteroatoms. The largest absolute Gasteiger partial charge is 0.463 e. The van der Waals surface area contributed by atoms with Crippen LogP contribution in [-0.4, -0.2) is 49.7 Å². The molecule has 8 nitrogen and oxygen atoms in total. The number of nitrogens with one attached hydrogen (secondary N) is 2. The minimum atomic E-state index is -5.29. The van der Waals surface area contributed by atoms with Gasteiger partial charge in [0, 0.05) is 5.69 Å². The number of carbonyl (C=O) groups is 3. The van der Waals surface area contributed by atoms with Crippen LogP contribution >= 0.6 is 0 Å². The Morgan fingerprint density at radius 2 is 1.43 bits per heavy atom. The molecule has 1 amide bonds. The van der Waals surface area contributed by atoms with Crippen molar-refractivity contribution in [3.63, 3.8) is 0 Å². The van der Waals surface area contributed by atoms with Crippen molar-refractivity contribution in [3.05, 3.63) is 29.8 Å². The first-order valence-corrected chi connectivity index (χ1v) is 8.35. The van der Waals surface area contributed by atoms with Crippen molar-refractivity contribution in [2.45, 2.75) is 32.6 Å². The lowest BCUT2D eigenvalue weighted by Gasteiger charge is -2.34. The van der Waals surface area contributed by atoms with Crippen molar-refractivity contribution in [2.24, 2.45) is 0 Å². The van der Waals surface area contributed by atoms with Gasteiger partial charge in [-0.3, -0.25) is 5.32 Å². The van der Waals surface area contributed by atoms with Crippen LogP contribution < -0.4 is 10.6 Å². The lowest BCUT2D eigenvalue weighted by molar-refractivity contribution is -0.205. The molecule has 156 valence electrons. The standard InChI is InChI=1S/C17H21F3N2O6/c1-4-26-13(23)11-7-9-12(10-8-11)21-16(17(18,19)20,14(24)27-5-2)22-15(25)28-6-3/h7-10,21H,4-6H2,1-3H3,(H,22,25)/t16-/m0/s1. The molecule has 0 heterocycles. The third-order valence-electron chi connectivity index (χ3n) is 3.30. The molecule has 0 fully saturated rings. The van der Waals surface area contributed by atoms with Gasteiger partial charge in [-0.15, -0.1) is 0 Å². The van der Waals surface area contributed by atoms with E-state index in [9.17, 15) is 27.6 Å². The number of carbonyl (C=O) groups excluding carboxylic acids is 3. The molecular formula is C17H21F3N2O6. The minimum Gasteiger partial charge on any atom is -0.463 e. The van der Waals surface area contributed by atoms with Gasteiger partial charge in [0.15, 0.2) is 0 Å². The van der Waals surface area contributed by atoms with E-state index in [1.807, 2.05) is 5.32 Å². The molecule has 0 unspecified atom stereocenters. The smallest absolute Gasteiger partial charge is 0.442 e. The van der Waals surface area contributed by atoms with Crippen LogP contribution in [0.4, 0.5) is 23.7 Å². The zero-order valence-electron chi connectivity index (χ0n) is 15.5. The molecule has 1 rings (SSSR count). The maximum absolute atomic E-state index is 13.8. The zero-order chi connectivity index (χ0) is 21.4. The van der Waals surface area contributed by atoms with Crippen LogP contribution in [-0.2, 0) is 19.0 Å². The number of ether oxygens (including phenoxy) is 3. The van der Waals surface area contributed by atoms with Gasteiger partial charge in [0.25, 0.3) is 0 Å². The predicted molar refractivity (Wildman–Crippen MR) is 91.6 cm³/mol. The average Bonchev–Trinajstić information content (AvgIpc) is 2.61. The summed E-state index contributed by atoms with van der Waals surface area (Å²) in [5.74, 6) is -2.43. The molecule has 0 aliphatic rings. The SMILES string of the molecule is CCOC(=O)N[C@@](Nc1ccc(C(=O)OCC)cc1)(C(=O)OCC)C(F)(F)F. The maximum Gasteiger partial charge on any atom is 0.442 e. The Morgan fingerprint density at radius 1 is 0.893 bits per heavy atom. The fourth-order valence-electron chi connectivity index (χ4n) is 2.07. The monoisotopic (exact) mass is 406 g/mol. The summed E-state index contributed by atoms with van der Waals surface area (Å²) in [6.07, 6.45) is -6.75. The Balaban J connectivity index is 3.28. The summed E-state index contributed by atoms with van der Waals surface area (Å²) in [6.45, 7) is 3.87. The molecule has 0 aliphatic heterocycles. The van der Waals surface area contributed by atoms with Gasteiger partial charge in [-0.05, 0) is 45.0 Å². The van der Waals surface area contributed by atoms with Gasteiger partial charge in [-0.2, -0.15) is 13.2 Å². The molecule has 0 bridgehead atoms. The number of amides is 1. The number of hydrogen-bond donors (Lipinski definition) is 2. The van der Waals surface area contributed by atoms with Crippen molar-refractivity contribution >= 4 is 23.7 Å². The highest BCUT2D eigenvalue weighted by molar-refractivity contribution is 5.91. The number of benzene rings is 1. The molecule has 0 saturated carbocycles. The van der Waals surface area contributed by atoms with Gasteiger partial charge in [-0.25, -0.2) is 14.4 Å². The van der Waals surface area contributed by atoms with E-state index in [0.717, 1.165) is 12.1 Å². The first-order chi connectivity index (χ1) is 13.1. The molecule has 0 radical (unpaired) electrons. The number of anilines is 1. The second-order valence-electron chi connectivity index (χ2n) is 5.24. The van der Waals surface area contributed by atoms with Gasteiger partial charge in [0.2, 0.25) is 0 Å². The second-order valence-corrected chi connectivity index (χ2v) is 5.24. The number of rotatable bonds is 8. The molecule has 1 atom stereocenters. The molecule has 1 aromatic carbocycles. The van der Waals surface area contributed by atoms with E-state index in [0.29, 0.717) is 0 Å². The molecule has 0 spiro atoms. The lowest BCUT2D eigenvalue weighted by Crippen LogP contribution is -2.69. The van der Waals surface area contributed by atoms with Crippen LogP contribution in [0.25, 0.3) is 0 Å².